The van der Waals surface area contributed by atoms with Gasteiger partial charge in [0.05, 0.1) is 17.8 Å². The van der Waals surface area contributed by atoms with E-state index in [-0.39, 0.29) is 6.04 Å². The van der Waals surface area contributed by atoms with E-state index in [2.05, 4.69) is 46.3 Å². The highest BCUT2D eigenvalue weighted by Gasteiger charge is 2.17. The van der Waals surface area contributed by atoms with Gasteiger partial charge in [0.1, 0.15) is 5.82 Å². The summed E-state index contributed by atoms with van der Waals surface area (Å²) in [6.07, 6.45) is 8.67. The van der Waals surface area contributed by atoms with Gasteiger partial charge in [-0.1, -0.05) is 13.8 Å². The van der Waals surface area contributed by atoms with Crippen molar-refractivity contribution in [2.75, 3.05) is 0 Å². The molecule has 6 heteroatoms. The van der Waals surface area contributed by atoms with Crippen molar-refractivity contribution in [3.8, 4) is 0 Å². The van der Waals surface area contributed by atoms with Crippen LogP contribution in [-0.4, -0.2) is 19.3 Å². The summed E-state index contributed by atoms with van der Waals surface area (Å²) in [6, 6.07) is 2.51. The molecule has 2 rings (SSSR count). The molecule has 2 aromatic heterocycles. The van der Waals surface area contributed by atoms with Gasteiger partial charge in [-0.2, -0.15) is 5.10 Å². The van der Waals surface area contributed by atoms with Crippen LogP contribution in [0.5, 0.6) is 0 Å². The van der Waals surface area contributed by atoms with E-state index in [1.807, 2.05) is 17.8 Å². The van der Waals surface area contributed by atoms with Crippen molar-refractivity contribution >= 4 is 0 Å². The minimum atomic E-state index is -0.0277. The van der Waals surface area contributed by atoms with Gasteiger partial charge in [-0.05, 0) is 18.9 Å². The Morgan fingerprint density at radius 1 is 1.30 bits per heavy atom. The highest BCUT2D eigenvalue weighted by atomic mass is 15.3. The fourth-order valence-electron chi connectivity index (χ4n) is 2.50. The van der Waals surface area contributed by atoms with Crippen molar-refractivity contribution in [3.63, 3.8) is 0 Å². The van der Waals surface area contributed by atoms with E-state index in [1.54, 1.807) is 6.20 Å². The lowest BCUT2D eigenvalue weighted by atomic mass is 10.1. The number of aromatic nitrogens is 4. The molecule has 0 bridgehead atoms. The second kappa shape index (κ2) is 6.67. The largest absolute Gasteiger partial charge is 0.337 e. The number of nitrogens with zero attached hydrogens (tertiary/aromatic N) is 4. The standard InChI is InChI=1S/C14H24N6/c1-4-12(5-2)20-8-6-11(18-20)10-13(17-15)14-16-7-9-19(14)3/h6-9,12-13,17H,4-5,10,15H2,1-3H3. The molecule has 0 aliphatic carbocycles. The Morgan fingerprint density at radius 3 is 2.60 bits per heavy atom. The van der Waals surface area contributed by atoms with Crippen LogP contribution in [-0.2, 0) is 13.5 Å². The Kier molecular flexibility index (Phi) is 4.92. The van der Waals surface area contributed by atoms with Crippen LogP contribution >= 0.6 is 0 Å². The Bertz CT molecular complexity index is 525. The topological polar surface area (TPSA) is 73.7 Å². The first-order valence-electron chi connectivity index (χ1n) is 7.16. The van der Waals surface area contributed by atoms with Crippen LogP contribution in [0.3, 0.4) is 0 Å². The molecule has 0 saturated heterocycles. The summed E-state index contributed by atoms with van der Waals surface area (Å²) < 4.78 is 4.03. The van der Waals surface area contributed by atoms with Crippen molar-refractivity contribution < 1.29 is 0 Å². The Balaban J connectivity index is 2.11. The number of hydrogen-bond donors (Lipinski definition) is 2. The first kappa shape index (κ1) is 14.7. The first-order chi connectivity index (χ1) is 9.69. The molecule has 0 spiro atoms. The monoisotopic (exact) mass is 276 g/mol. The third-order valence-corrected chi connectivity index (χ3v) is 3.76. The third kappa shape index (κ3) is 3.08. The maximum Gasteiger partial charge on any atom is 0.127 e. The molecule has 6 nitrogen and oxygen atoms in total. The molecular formula is C14H24N6. The number of imidazole rings is 1. The normalized spacial score (nSPS) is 13.1. The van der Waals surface area contributed by atoms with Gasteiger partial charge in [-0.15, -0.1) is 0 Å². The van der Waals surface area contributed by atoms with E-state index in [0.717, 1.165) is 30.8 Å². The molecule has 110 valence electrons. The zero-order valence-electron chi connectivity index (χ0n) is 12.5. The van der Waals surface area contributed by atoms with Crippen molar-refractivity contribution in [1.29, 1.82) is 0 Å². The fourth-order valence-corrected chi connectivity index (χ4v) is 2.50. The van der Waals surface area contributed by atoms with Gasteiger partial charge in [0.2, 0.25) is 0 Å². The molecule has 2 aromatic rings. The predicted molar refractivity (Wildman–Crippen MR) is 78.8 cm³/mol. The molecule has 0 amide bonds. The van der Waals surface area contributed by atoms with Crippen molar-refractivity contribution in [3.05, 3.63) is 36.2 Å². The summed E-state index contributed by atoms with van der Waals surface area (Å²) in [5, 5.41) is 4.66. The third-order valence-electron chi connectivity index (χ3n) is 3.76. The number of hydrazine groups is 1. The van der Waals surface area contributed by atoms with Crippen LogP contribution in [0.1, 0.15) is 50.3 Å². The molecule has 0 aromatic carbocycles. The zero-order chi connectivity index (χ0) is 14.5. The van der Waals surface area contributed by atoms with Gasteiger partial charge in [0, 0.05) is 32.1 Å². The maximum absolute atomic E-state index is 5.66. The van der Waals surface area contributed by atoms with Crippen LogP contribution in [0, 0.1) is 0 Å². The van der Waals surface area contributed by atoms with Gasteiger partial charge in [0.15, 0.2) is 0 Å². The lowest BCUT2D eigenvalue weighted by Gasteiger charge is -2.15. The van der Waals surface area contributed by atoms with Gasteiger partial charge in [-0.3, -0.25) is 10.5 Å². The second-order valence-electron chi connectivity index (χ2n) is 5.08. The highest BCUT2D eigenvalue weighted by Crippen LogP contribution is 2.18. The van der Waals surface area contributed by atoms with Crippen LogP contribution in [0.2, 0.25) is 0 Å². The lowest BCUT2D eigenvalue weighted by molar-refractivity contribution is 0.421. The molecular weight excluding hydrogens is 252 g/mol. The number of aryl methyl sites for hydroxylation is 1. The second-order valence-corrected chi connectivity index (χ2v) is 5.08. The summed E-state index contributed by atoms with van der Waals surface area (Å²) in [5.74, 6) is 6.58. The Morgan fingerprint density at radius 2 is 2.05 bits per heavy atom. The van der Waals surface area contributed by atoms with E-state index in [0.29, 0.717) is 6.04 Å². The summed E-state index contributed by atoms with van der Waals surface area (Å²) in [6.45, 7) is 4.38. The highest BCUT2D eigenvalue weighted by molar-refractivity contribution is 5.07. The van der Waals surface area contributed by atoms with Crippen molar-refractivity contribution in [2.45, 2.75) is 45.2 Å². The SMILES string of the molecule is CCC(CC)n1ccc(CC(NN)c2nccn2C)n1. The molecule has 3 N–H and O–H groups in total. The number of hydrogen-bond acceptors (Lipinski definition) is 4. The molecule has 1 unspecified atom stereocenters. The summed E-state index contributed by atoms with van der Waals surface area (Å²) in [4.78, 5) is 4.34. The fraction of sp³-hybridized carbons (Fsp3) is 0.571. The quantitative estimate of drug-likeness (QED) is 0.596. The molecule has 0 saturated carbocycles. The maximum atomic E-state index is 5.66. The van der Waals surface area contributed by atoms with Crippen LogP contribution in [0.4, 0.5) is 0 Å². The summed E-state index contributed by atoms with van der Waals surface area (Å²) in [7, 11) is 1.97. The molecule has 0 aliphatic heterocycles. The number of nitrogens with one attached hydrogen (secondary N) is 1. The predicted octanol–water partition coefficient (Wildman–Crippen LogP) is 1.72. The van der Waals surface area contributed by atoms with Gasteiger partial charge in [0.25, 0.3) is 0 Å². The van der Waals surface area contributed by atoms with E-state index >= 15 is 0 Å². The molecule has 20 heavy (non-hydrogen) atoms. The molecule has 1 atom stereocenters. The van der Waals surface area contributed by atoms with Gasteiger partial charge in [-0.25, -0.2) is 10.4 Å². The van der Waals surface area contributed by atoms with Gasteiger partial charge >= 0.3 is 0 Å². The molecule has 0 aliphatic rings. The molecule has 0 fully saturated rings. The van der Waals surface area contributed by atoms with Crippen molar-refractivity contribution in [1.82, 2.24) is 24.8 Å². The average molecular weight is 276 g/mol. The van der Waals surface area contributed by atoms with E-state index in [9.17, 15) is 0 Å². The van der Waals surface area contributed by atoms with Gasteiger partial charge < -0.3 is 4.57 Å². The Labute approximate surface area is 120 Å². The summed E-state index contributed by atoms with van der Waals surface area (Å²) >= 11 is 0. The van der Waals surface area contributed by atoms with E-state index in [4.69, 9.17) is 5.84 Å². The smallest absolute Gasteiger partial charge is 0.127 e. The number of rotatable bonds is 7. The zero-order valence-corrected chi connectivity index (χ0v) is 12.5. The van der Waals surface area contributed by atoms with Crippen molar-refractivity contribution in [2.24, 2.45) is 12.9 Å². The van der Waals surface area contributed by atoms with Crippen LogP contribution in [0.25, 0.3) is 0 Å². The molecule has 0 radical (unpaired) electrons. The van der Waals surface area contributed by atoms with E-state index < -0.39 is 0 Å². The van der Waals surface area contributed by atoms with E-state index in [1.165, 1.54) is 0 Å². The Hall–Kier alpha value is -1.66. The van der Waals surface area contributed by atoms with Crippen LogP contribution in [0.15, 0.2) is 24.7 Å². The summed E-state index contributed by atoms with van der Waals surface area (Å²) in [5.41, 5.74) is 3.86. The van der Waals surface area contributed by atoms with Crippen LogP contribution < -0.4 is 11.3 Å². The lowest BCUT2D eigenvalue weighted by Crippen LogP contribution is -2.31. The molecule has 2 heterocycles. The minimum absolute atomic E-state index is 0.0277. The minimum Gasteiger partial charge on any atom is -0.337 e. The number of nitrogens with two attached hydrogens (primary N) is 1. The average Bonchev–Trinajstić information content (AvgIpc) is 3.07. The first-order valence-corrected chi connectivity index (χ1v) is 7.16.